The highest BCUT2D eigenvalue weighted by molar-refractivity contribution is 5.82. The lowest BCUT2D eigenvalue weighted by atomic mass is 9.81. The van der Waals surface area contributed by atoms with Gasteiger partial charge in [0.15, 0.2) is 5.82 Å². The van der Waals surface area contributed by atoms with Gasteiger partial charge in [-0.2, -0.15) is 0 Å². The standard InChI is InChI=1S/C13H23N3O2/c1-6-13(7-2,12(17)18-8-3)11-15-14-9-16(11)10(4)5/h9-10H,6-8H2,1-5H3. The largest absolute Gasteiger partial charge is 0.465 e. The van der Waals surface area contributed by atoms with E-state index in [1.54, 1.807) is 6.33 Å². The fraction of sp³-hybridized carbons (Fsp3) is 0.769. The highest BCUT2D eigenvalue weighted by Gasteiger charge is 2.43. The van der Waals surface area contributed by atoms with Crippen LogP contribution >= 0.6 is 0 Å². The number of carbonyl (C=O) groups excluding carboxylic acids is 1. The third-order valence-corrected chi connectivity index (χ3v) is 3.43. The lowest BCUT2D eigenvalue weighted by Gasteiger charge is -2.29. The van der Waals surface area contributed by atoms with Crippen molar-refractivity contribution in [3.8, 4) is 0 Å². The van der Waals surface area contributed by atoms with Crippen molar-refractivity contribution in [1.82, 2.24) is 14.8 Å². The van der Waals surface area contributed by atoms with E-state index in [9.17, 15) is 4.79 Å². The number of carbonyl (C=O) groups is 1. The Balaban J connectivity index is 3.26. The molecule has 0 saturated heterocycles. The molecule has 0 bridgehead atoms. The van der Waals surface area contributed by atoms with Crippen LogP contribution < -0.4 is 0 Å². The van der Waals surface area contributed by atoms with Crippen LogP contribution in [0.5, 0.6) is 0 Å². The van der Waals surface area contributed by atoms with Crippen molar-refractivity contribution < 1.29 is 9.53 Å². The molecule has 0 aliphatic rings. The highest BCUT2D eigenvalue weighted by atomic mass is 16.5. The summed E-state index contributed by atoms with van der Waals surface area (Å²) in [5.41, 5.74) is -0.684. The SMILES string of the molecule is CCOC(=O)C(CC)(CC)c1nncn1C(C)C. The Bertz CT molecular complexity index is 395. The molecular weight excluding hydrogens is 230 g/mol. The quantitative estimate of drug-likeness (QED) is 0.731. The van der Waals surface area contributed by atoms with E-state index in [0.717, 1.165) is 0 Å². The first-order valence-corrected chi connectivity index (χ1v) is 6.60. The summed E-state index contributed by atoms with van der Waals surface area (Å²) in [5, 5.41) is 8.12. The van der Waals surface area contributed by atoms with Crippen LogP contribution in [0.15, 0.2) is 6.33 Å². The van der Waals surface area contributed by atoms with Gasteiger partial charge in [0, 0.05) is 6.04 Å². The Morgan fingerprint density at radius 2 is 2.00 bits per heavy atom. The Kier molecular flexibility index (Phi) is 4.87. The van der Waals surface area contributed by atoms with Gasteiger partial charge in [0.25, 0.3) is 0 Å². The number of hydrogen-bond donors (Lipinski definition) is 0. The molecule has 5 heteroatoms. The van der Waals surface area contributed by atoms with E-state index in [1.165, 1.54) is 0 Å². The van der Waals surface area contributed by atoms with Gasteiger partial charge in [0.1, 0.15) is 11.7 Å². The molecule has 0 radical (unpaired) electrons. The molecule has 0 saturated carbocycles. The highest BCUT2D eigenvalue weighted by Crippen LogP contribution is 2.33. The second-order valence-electron chi connectivity index (χ2n) is 4.67. The molecule has 1 heterocycles. The van der Waals surface area contributed by atoms with Crippen LogP contribution in [-0.2, 0) is 14.9 Å². The topological polar surface area (TPSA) is 57.0 Å². The second kappa shape index (κ2) is 5.98. The number of esters is 1. The summed E-state index contributed by atoms with van der Waals surface area (Å²) in [4.78, 5) is 12.3. The number of aromatic nitrogens is 3. The fourth-order valence-corrected chi connectivity index (χ4v) is 2.18. The van der Waals surface area contributed by atoms with Crippen molar-refractivity contribution in [1.29, 1.82) is 0 Å². The van der Waals surface area contributed by atoms with E-state index in [-0.39, 0.29) is 12.0 Å². The Hall–Kier alpha value is -1.39. The number of nitrogens with zero attached hydrogens (tertiary/aromatic N) is 3. The molecule has 0 aliphatic carbocycles. The maximum atomic E-state index is 12.3. The maximum Gasteiger partial charge on any atom is 0.319 e. The minimum Gasteiger partial charge on any atom is -0.465 e. The molecule has 18 heavy (non-hydrogen) atoms. The van der Waals surface area contributed by atoms with E-state index >= 15 is 0 Å². The predicted molar refractivity (Wildman–Crippen MR) is 69.3 cm³/mol. The summed E-state index contributed by atoms with van der Waals surface area (Å²) in [6.45, 7) is 10.3. The van der Waals surface area contributed by atoms with Crippen molar-refractivity contribution in [3.05, 3.63) is 12.2 Å². The molecule has 1 aromatic heterocycles. The van der Waals surface area contributed by atoms with Crippen molar-refractivity contribution in [2.45, 2.75) is 58.9 Å². The first-order chi connectivity index (χ1) is 8.53. The van der Waals surface area contributed by atoms with Gasteiger partial charge in [-0.25, -0.2) is 0 Å². The molecule has 0 unspecified atom stereocenters. The van der Waals surface area contributed by atoms with Crippen molar-refractivity contribution in [2.24, 2.45) is 0 Å². The van der Waals surface area contributed by atoms with Crippen LogP contribution in [0.2, 0.25) is 0 Å². The summed E-state index contributed by atoms with van der Waals surface area (Å²) < 4.78 is 7.18. The Morgan fingerprint density at radius 3 is 2.44 bits per heavy atom. The predicted octanol–water partition coefficient (Wildman–Crippen LogP) is 2.48. The van der Waals surface area contributed by atoms with Crippen LogP contribution in [0.4, 0.5) is 0 Å². The molecule has 0 atom stereocenters. The summed E-state index contributed by atoms with van der Waals surface area (Å²) in [6.07, 6.45) is 3.00. The summed E-state index contributed by atoms with van der Waals surface area (Å²) in [6, 6.07) is 0.224. The minimum absolute atomic E-state index is 0.204. The van der Waals surface area contributed by atoms with Crippen molar-refractivity contribution >= 4 is 5.97 Å². The Labute approximate surface area is 109 Å². The molecule has 0 spiro atoms. The normalized spacial score (nSPS) is 11.9. The lowest BCUT2D eigenvalue weighted by molar-refractivity contribution is -0.151. The smallest absolute Gasteiger partial charge is 0.319 e. The summed E-state index contributed by atoms with van der Waals surface area (Å²) >= 11 is 0. The third-order valence-electron chi connectivity index (χ3n) is 3.43. The molecule has 0 aliphatic heterocycles. The van der Waals surface area contributed by atoms with Gasteiger partial charge < -0.3 is 9.30 Å². The van der Waals surface area contributed by atoms with Gasteiger partial charge in [-0.1, -0.05) is 13.8 Å². The molecule has 0 amide bonds. The van der Waals surface area contributed by atoms with Crippen molar-refractivity contribution in [3.63, 3.8) is 0 Å². The van der Waals surface area contributed by atoms with Gasteiger partial charge in [-0.05, 0) is 33.6 Å². The van der Waals surface area contributed by atoms with Crippen LogP contribution in [-0.4, -0.2) is 27.3 Å². The third kappa shape index (κ3) is 2.40. The lowest BCUT2D eigenvalue weighted by Crippen LogP contribution is -2.39. The van der Waals surface area contributed by atoms with E-state index in [4.69, 9.17) is 4.74 Å². The van der Waals surface area contributed by atoms with E-state index < -0.39 is 5.41 Å². The van der Waals surface area contributed by atoms with E-state index in [1.807, 2.05) is 39.2 Å². The molecule has 1 aromatic rings. The molecule has 102 valence electrons. The maximum absolute atomic E-state index is 12.3. The average Bonchev–Trinajstić information content (AvgIpc) is 2.81. The van der Waals surface area contributed by atoms with E-state index in [0.29, 0.717) is 25.3 Å². The molecule has 1 rings (SSSR count). The fourth-order valence-electron chi connectivity index (χ4n) is 2.18. The van der Waals surface area contributed by atoms with Gasteiger partial charge in [-0.3, -0.25) is 4.79 Å². The second-order valence-corrected chi connectivity index (χ2v) is 4.67. The zero-order valence-electron chi connectivity index (χ0n) is 11.9. The first kappa shape index (κ1) is 14.7. The molecule has 5 nitrogen and oxygen atoms in total. The van der Waals surface area contributed by atoms with Crippen LogP contribution in [0.25, 0.3) is 0 Å². The van der Waals surface area contributed by atoms with Gasteiger partial charge >= 0.3 is 5.97 Å². The zero-order chi connectivity index (χ0) is 13.8. The number of hydrogen-bond acceptors (Lipinski definition) is 4. The molecule has 0 fully saturated rings. The van der Waals surface area contributed by atoms with Crippen LogP contribution in [0.1, 0.15) is 59.3 Å². The van der Waals surface area contributed by atoms with Crippen molar-refractivity contribution in [2.75, 3.05) is 6.61 Å². The number of rotatable bonds is 6. The van der Waals surface area contributed by atoms with Crippen LogP contribution in [0, 0.1) is 0 Å². The van der Waals surface area contributed by atoms with Gasteiger partial charge in [0.2, 0.25) is 0 Å². The molecule has 0 aromatic carbocycles. The van der Waals surface area contributed by atoms with Gasteiger partial charge in [0.05, 0.1) is 6.61 Å². The number of ether oxygens (including phenoxy) is 1. The summed E-state index contributed by atoms with van der Waals surface area (Å²) in [7, 11) is 0. The Morgan fingerprint density at radius 1 is 1.39 bits per heavy atom. The van der Waals surface area contributed by atoms with E-state index in [2.05, 4.69) is 10.2 Å². The zero-order valence-corrected chi connectivity index (χ0v) is 11.9. The first-order valence-electron chi connectivity index (χ1n) is 6.60. The average molecular weight is 253 g/mol. The molecular formula is C13H23N3O2. The molecule has 0 N–H and O–H groups in total. The van der Waals surface area contributed by atoms with Gasteiger partial charge in [-0.15, -0.1) is 10.2 Å². The monoisotopic (exact) mass is 253 g/mol. The van der Waals surface area contributed by atoms with Crippen LogP contribution in [0.3, 0.4) is 0 Å². The minimum atomic E-state index is -0.684. The summed E-state index contributed by atoms with van der Waals surface area (Å²) in [5.74, 6) is 0.505.